The van der Waals surface area contributed by atoms with Crippen molar-refractivity contribution in [2.24, 2.45) is 0 Å². The van der Waals surface area contributed by atoms with Crippen LogP contribution in [0.4, 0.5) is 5.69 Å². The fourth-order valence-electron chi connectivity index (χ4n) is 8.47. The van der Waals surface area contributed by atoms with Gasteiger partial charge in [0, 0.05) is 21.9 Å². The fraction of sp³-hybridized carbons (Fsp3) is 0.0385. The van der Waals surface area contributed by atoms with Crippen LogP contribution in [0, 0.1) is 13.8 Å². The summed E-state index contributed by atoms with van der Waals surface area (Å²) in [6, 6.07) is 61.8. The first-order valence-corrected chi connectivity index (χ1v) is 18.9. The standard InChI is InChI=1S/C52H36N2O2/c1-33-14-9-20-37(28-33)42-22-11-24-44-45-25-12-23-43(38-21-10-15-34(2)29-38)50(45)54(49(42)44)47-27-13-26-46-48(47)52(56)53(51(46)55)41-31-39(35-16-5-3-6-17-35)30-40(32-41)36-18-7-4-8-19-36/h3-32H,1-2H3. The smallest absolute Gasteiger partial charge is 0.268 e. The first-order valence-electron chi connectivity index (χ1n) is 18.9. The van der Waals surface area contributed by atoms with Crippen molar-refractivity contribution in [3.05, 3.63) is 204 Å². The van der Waals surface area contributed by atoms with Crippen LogP contribution < -0.4 is 4.90 Å². The number of fused-ring (bicyclic) bond motifs is 4. The number of aromatic nitrogens is 1. The van der Waals surface area contributed by atoms with Gasteiger partial charge in [-0.15, -0.1) is 0 Å². The molecular formula is C52H36N2O2. The van der Waals surface area contributed by atoms with Crippen molar-refractivity contribution in [1.29, 1.82) is 0 Å². The third-order valence-electron chi connectivity index (χ3n) is 11.0. The molecule has 1 aromatic heterocycles. The van der Waals surface area contributed by atoms with Gasteiger partial charge in [0.15, 0.2) is 0 Å². The predicted molar refractivity (Wildman–Crippen MR) is 230 cm³/mol. The van der Waals surface area contributed by atoms with Crippen LogP contribution in [0.1, 0.15) is 31.8 Å². The van der Waals surface area contributed by atoms with Crippen LogP contribution in [-0.4, -0.2) is 16.4 Å². The number of para-hydroxylation sites is 2. The number of nitrogens with zero attached hydrogens (tertiary/aromatic N) is 2. The molecule has 0 saturated carbocycles. The zero-order chi connectivity index (χ0) is 37.9. The van der Waals surface area contributed by atoms with E-state index >= 15 is 4.79 Å². The number of hydrogen-bond acceptors (Lipinski definition) is 2. The van der Waals surface area contributed by atoms with Crippen LogP contribution in [0.25, 0.3) is 72.0 Å². The summed E-state index contributed by atoms with van der Waals surface area (Å²) in [4.78, 5) is 31.2. The quantitative estimate of drug-likeness (QED) is 0.161. The van der Waals surface area contributed by atoms with Crippen LogP contribution >= 0.6 is 0 Å². The lowest BCUT2D eigenvalue weighted by Gasteiger charge is -2.18. The summed E-state index contributed by atoms with van der Waals surface area (Å²) in [5.41, 5.74) is 14.4. The lowest BCUT2D eigenvalue weighted by Crippen LogP contribution is -2.29. The fourth-order valence-corrected chi connectivity index (χ4v) is 8.47. The third kappa shape index (κ3) is 5.38. The van der Waals surface area contributed by atoms with Gasteiger partial charge < -0.3 is 4.57 Å². The Kier molecular flexibility index (Phi) is 7.86. The van der Waals surface area contributed by atoms with Crippen molar-refractivity contribution < 1.29 is 9.59 Å². The van der Waals surface area contributed by atoms with Crippen LogP contribution in [0.5, 0.6) is 0 Å². The van der Waals surface area contributed by atoms with E-state index < -0.39 is 0 Å². The Bertz CT molecular complexity index is 2870. The second-order valence-corrected chi connectivity index (χ2v) is 14.6. The first-order chi connectivity index (χ1) is 27.4. The van der Waals surface area contributed by atoms with Gasteiger partial charge in [-0.1, -0.05) is 163 Å². The van der Waals surface area contributed by atoms with Crippen LogP contribution in [0.3, 0.4) is 0 Å². The molecule has 8 aromatic carbocycles. The maximum atomic E-state index is 15.2. The highest BCUT2D eigenvalue weighted by molar-refractivity contribution is 6.36. The molecule has 9 aromatic rings. The van der Waals surface area contributed by atoms with E-state index in [1.807, 2.05) is 84.9 Å². The lowest BCUT2D eigenvalue weighted by molar-refractivity contribution is 0.0926. The van der Waals surface area contributed by atoms with Gasteiger partial charge >= 0.3 is 0 Å². The molecule has 10 rings (SSSR count). The molecular weight excluding hydrogens is 685 g/mol. The molecule has 4 heteroatoms. The van der Waals surface area contributed by atoms with E-state index in [1.165, 1.54) is 4.90 Å². The Balaban J connectivity index is 1.24. The van der Waals surface area contributed by atoms with Crippen molar-refractivity contribution in [2.75, 3.05) is 4.90 Å². The summed E-state index contributed by atoms with van der Waals surface area (Å²) >= 11 is 0. The van der Waals surface area contributed by atoms with Gasteiger partial charge in [-0.2, -0.15) is 0 Å². The molecule has 0 N–H and O–H groups in total. The molecule has 0 aliphatic carbocycles. The molecule has 56 heavy (non-hydrogen) atoms. The summed E-state index contributed by atoms with van der Waals surface area (Å²) in [6.45, 7) is 4.21. The molecule has 0 unspecified atom stereocenters. The Hall–Kier alpha value is -7.30. The third-order valence-corrected chi connectivity index (χ3v) is 11.0. The Morgan fingerprint density at radius 2 is 0.839 bits per heavy atom. The summed E-state index contributed by atoms with van der Waals surface area (Å²) in [5, 5.41) is 2.14. The summed E-state index contributed by atoms with van der Waals surface area (Å²) in [5.74, 6) is -0.685. The summed E-state index contributed by atoms with van der Waals surface area (Å²) < 4.78 is 2.24. The average molecular weight is 721 g/mol. The van der Waals surface area contributed by atoms with E-state index in [4.69, 9.17) is 0 Å². The normalized spacial score (nSPS) is 12.5. The van der Waals surface area contributed by atoms with E-state index in [0.29, 0.717) is 22.5 Å². The van der Waals surface area contributed by atoms with Crippen LogP contribution in [0.15, 0.2) is 182 Å². The molecule has 0 bridgehead atoms. The molecule has 2 amide bonds. The van der Waals surface area contributed by atoms with Crippen molar-refractivity contribution >= 4 is 39.3 Å². The van der Waals surface area contributed by atoms with Gasteiger partial charge in [0.1, 0.15) is 0 Å². The molecule has 0 fully saturated rings. The number of hydrogen-bond donors (Lipinski definition) is 0. The molecule has 4 nitrogen and oxygen atoms in total. The van der Waals surface area contributed by atoms with E-state index in [1.54, 1.807) is 6.07 Å². The van der Waals surface area contributed by atoms with Crippen molar-refractivity contribution in [3.63, 3.8) is 0 Å². The molecule has 1 aliphatic rings. The Labute approximate surface area is 325 Å². The number of rotatable bonds is 6. The van der Waals surface area contributed by atoms with Gasteiger partial charge in [0.05, 0.1) is 33.5 Å². The minimum Gasteiger partial charge on any atom is -0.307 e. The minimum absolute atomic E-state index is 0.338. The second-order valence-electron chi connectivity index (χ2n) is 14.6. The summed E-state index contributed by atoms with van der Waals surface area (Å²) in [6.07, 6.45) is 0. The zero-order valence-electron chi connectivity index (χ0n) is 31.0. The Morgan fingerprint density at radius 3 is 1.36 bits per heavy atom. The number of carbonyl (C=O) groups is 2. The molecule has 1 aliphatic heterocycles. The number of anilines is 1. The number of aryl methyl sites for hydroxylation is 2. The average Bonchev–Trinajstić information content (AvgIpc) is 3.72. The van der Waals surface area contributed by atoms with Crippen LogP contribution in [-0.2, 0) is 0 Å². The molecule has 266 valence electrons. The second kappa shape index (κ2) is 13.2. The lowest BCUT2D eigenvalue weighted by atomic mass is 9.97. The Morgan fingerprint density at radius 1 is 0.375 bits per heavy atom. The monoisotopic (exact) mass is 720 g/mol. The minimum atomic E-state index is -0.346. The first kappa shape index (κ1) is 33.3. The molecule has 2 heterocycles. The maximum Gasteiger partial charge on any atom is 0.268 e. The van der Waals surface area contributed by atoms with Crippen LogP contribution in [0.2, 0.25) is 0 Å². The number of benzene rings is 8. The summed E-state index contributed by atoms with van der Waals surface area (Å²) in [7, 11) is 0. The highest BCUT2D eigenvalue weighted by atomic mass is 16.2. The van der Waals surface area contributed by atoms with E-state index in [-0.39, 0.29) is 11.8 Å². The van der Waals surface area contributed by atoms with E-state index in [0.717, 1.165) is 77.4 Å². The molecule has 0 radical (unpaired) electrons. The SMILES string of the molecule is Cc1cccc(-c2cccc3c4cccc(-c5cccc(C)c5)c4n(-c4cccc5c4C(=O)N(c4cc(-c6ccccc6)cc(-c6ccccc6)c4)C5=O)c23)c1. The van der Waals surface area contributed by atoms with E-state index in [9.17, 15) is 4.79 Å². The topological polar surface area (TPSA) is 42.3 Å². The zero-order valence-corrected chi connectivity index (χ0v) is 31.0. The van der Waals surface area contributed by atoms with Crippen molar-refractivity contribution in [2.45, 2.75) is 13.8 Å². The van der Waals surface area contributed by atoms with Gasteiger partial charge in [0.2, 0.25) is 0 Å². The number of imide groups is 1. The van der Waals surface area contributed by atoms with Crippen molar-refractivity contribution in [1.82, 2.24) is 4.57 Å². The highest BCUT2D eigenvalue weighted by Gasteiger charge is 2.40. The molecule has 0 spiro atoms. The maximum absolute atomic E-state index is 15.2. The van der Waals surface area contributed by atoms with E-state index in [2.05, 4.69) is 109 Å². The molecule has 0 atom stereocenters. The van der Waals surface area contributed by atoms with Crippen molar-refractivity contribution in [3.8, 4) is 50.2 Å². The highest BCUT2D eigenvalue weighted by Crippen LogP contribution is 2.45. The van der Waals surface area contributed by atoms with Gasteiger partial charge in [-0.05, 0) is 77.6 Å². The number of carbonyl (C=O) groups excluding carboxylic acids is 2. The van der Waals surface area contributed by atoms with Gasteiger partial charge in [-0.25, -0.2) is 4.90 Å². The predicted octanol–water partition coefficient (Wildman–Crippen LogP) is 12.9. The molecule has 0 saturated heterocycles. The largest absolute Gasteiger partial charge is 0.307 e. The van der Waals surface area contributed by atoms with Gasteiger partial charge in [-0.3, -0.25) is 9.59 Å². The number of amides is 2. The van der Waals surface area contributed by atoms with Gasteiger partial charge in [0.25, 0.3) is 11.8 Å².